The third-order valence-corrected chi connectivity index (χ3v) is 2.03. The third kappa shape index (κ3) is 1.56. The molecule has 0 aliphatic heterocycles. The summed E-state index contributed by atoms with van der Waals surface area (Å²) < 4.78 is 1.82. The number of nitrogens with zero attached hydrogens (tertiary/aromatic N) is 5. The van der Waals surface area contributed by atoms with Crippen molar-refractivity contribution in [3.05, 3.63) is 17.5 Å². The second kappa shape index (κ2) is 3.44. The minimum absolute atomic E-state index is 0.491. The van der Waals surface area contributed by atoms with Gasteiger partial charge in [0, 0.05) is 7.05 Å². The van der Waals surface area contributed by atoms with Crippen LogP contribution in [0.15, 0.2) is 6.20 Å². The van der Waals surface area contributed by atoms with Crippen molar-refractivity contribution in [3.63, 3.8) is 0 Å². The molecule has 0 amide bonds. The predicted molar refractivity (Wildman–Crippen MR) is 49.4 cm³/mol. The Hall–Kier alpha value is -1.92. The maximum absolute atomic E-state index is 4.13. The van der Waals surface area contributed by atoms with Crippen molar-refractivity contribution in [1.82, 2.24) is 30.4 Å². The molecule has 0 radical (unpaired) electrons. The second-order valence-electron chi connectivity index (χ2n) is 2.99. The standard InChI is InChI=1S/C7H11N7/c1-5-3-9-14(2)6(5)4-8-7-10-12-13-11-7/h3H,4H2,1-2H3,(H2,8,10,11,12,13). The molecule has 0 fully saturated rings. The van der Waals surface area contributed by atoms with Crippen LogP contribution in [0.4, 0.5) is 5.95 Å². The highest BCUT2D eigenvalue weighted by Gasteiger charge is 2.04. The molecule has 0 atom stereocenters. The maximum Gasteiger partial charge on any atom is 0.263 e. The number of tetrazole rings is 1. The van der Waals surface area contributed by atoms with E-state index in [-0.39, 0.29) is 0 Å². The molecule has 2 rings (SSSR count). The van der Waals surface area contributed by atoms with E-state index in [2.05, 4.69) is 31.0 Å². The van der Waals surface area contributed by atoms with Crippen LogP contribution in [-0.2, 0) is 13.6 Å². The Morgan fingerprint density at radius 2 is 2.43 bits per heavy atom. The number of hydrogen-bond donors (Lipinski definition) is 2. The van der Waals surface area contributed by atoms with E-state index in [4.69, 9.17) is 0 Å². The first-order valence-corrected chi connectivity index (χ1v) is 4.22. The van der Waals surface area contributed by atoms with E-state index in [9.17, 15) is 0 Å². The van der Waals surface area contributed by atoms with E-state index >= 15 is 0 Å². The van der Waals surface area contributed by atoms with E-state index in [1.165, 1.54) is 0 Å². The van der Waals surface area contributed by atoms with Crippen molar-refractivity contribution in [1.29, 1.82) is 0 Å². The third-order valence-electron chi connectivity index (χ3n) is 2.03. The van der Waals surface area contributed by atoms with Gasteiger partial charge in [0.1, 0.15) is 0 Å². The van der Waals surface area contributed by atoms with Crippen LogP contribution in [0.5, 0.6) is 0 Å². The Bertz CT molecular complexity index is 382. The summed E-state index contributed by atoms with van der Waals surface area (Å²) >= 11 is 0. The highest BCUT2D eigenvalue weighted by atomic mass is 15.5. The quantitative estimate of drug-likeness (QED) is 0.708. The first-order chi connectivity index (χ1) is 6.77. The van der Waals surface area contributed by atoms with Crippen LogP contribution < -0.4 is 5.32 Å². The molecule has 0 aliphatic rings. The number of anilines is 1. The average Bonchev–Trinajstić information content (AvgIpc) is 2.76. The zero-order valence-electron chi connectivity index (χ0n) is 8.02. The Morgan fingerprint density at radius 1 is 1.57 bits per heavy atom. The Labute approximate surface area is 80.5 Å². The van der Waals surface area contributed by atoms with Gasteiger partial charge in [-0.3, -0.25) is 4.68 Å². The molecule has 7 nitrogen and oxygen atoms in total. The molecule has 7 heteroatoms. The molecule has 0 bridgehead atoms. The van der Waals surface area contributed by atoms with E-state index in [0.29, 0.717) is 12.5 Å². The monoisotopic (exact) mass is 193 g/mol. The average molecular weight is 193 g/mol. The summed E-state index contributed by atoms with van der Waals surface area (Å²) in [5.41, 5.74) is 2.25. The van der Waals surface area contributed by atoms with E-state index < -0.39 is 0 Å². The fourth-order valence-corrected chi connectivity index (χ4v) is 1.23. The molecule has 0 aromatic carbocycles. The van der Waals surface area contributed by atoms with Crippen LogP contribution in [0.25, 0.3) is 0 Å². The van der Waals surface area contributed by atoms with Crippen molar-refractivity contribution in [2.75, 3.05) is 5.32 Å². The summed E-state index contributed by atoms with van der Waals surface area (Å²) in [5.74, 6) is 0.491. The molecule has 74 valence electrons. The lowest BCUT2D eigenvalue weighted by Crippen LogP contribution is -2.07. The molecule has 2 aromatic heterocycles. The molecule has 2 N–H and O–H groups in total. The fraction of sp³-hybridized carbons (Fsp3) is 0.429. The van der Waals surface area contributed by atoms with Crippen molar-refractivity contribution >= 4 is 5.95 Å². The number of rotatable bonds is 3. The lowest BCUT2D eigenvalue weighted by atomic mass is 10.3. The number of nitrogens with one attached hydrogen (secondary N) is 2. The highest BCUT2D eigenvalue weighted by molar-refractivity contribution is 5.24. The van der Waals surface area contributed by atoms with Crippen LogP contribution in [0.1, 0.15) is 11.3 Å². The SMILES string of the molecule is Cc1cnn(C)c1CNc1nn[nH]n1. The zero-order chi connectivity index (χ0) is 9.97. The Balaban J connectivity index is 2.05. The zero-order valence-corrected chi connectivity index (χ0v) is 8.02. The van der Waals surface area contributed by atoms with Crippen LogP contribution in [0.3, 0.4) is 0 Å². The number of aromatic nitrogens is 6. The molecular weight excluding hydrogens is 182 g/mol. The topological polar surface area (TPSA) is 84.3 Å². The molecule has 2 heterocycles. The Kier molecular flexibility index (Phi) is 2.13. The van der Waals surface area contributed by atoms with E-state index in [0.717, 1.165) is 11.3 Å². The van der Waals surface area contributed by atoms with Gasteiger partial charge in [-0.2, -0.15) is 10.3 Å². The minimum atomic E-state index is 0.491. The van der Waals surface area contributed by atoms with Crippen molar-refractivity contribution in [2.45, 2.75) is 13.5 Å². The van der Waals surface area contributed by atoms with Gasteiger partial charge < -0.3 is 5.32 Å². The Morgan fingerprint density at radius 3 is 3.00 bits per heavy atom. The van der Waals surface area contributed by atoms with Gasteiger partial charge in [0.05, 0.1) is 18.4 Å². The lowest BCUT2D eigenvalue weighted by molar-refractivity contribution is 0.717. The minimum Gasteiger partial charge on any atom is -0.346 e. The van der Waals surface area contributed by atoms with E-state index in [1.807, 2.05) is 24.9 Å². The van der Waals surface area contributed by atoms with Gasteiger partial charge in [-0.15, -0.1) is 5.10 Å². The van der Waals surface area contributed by atoms with Gasteiger partial charge in [0.2, 0.25) is 0 Å². The molecule has 2 aromatic rings. The summed E-state index contributed by atoms with van der Waals surface area (Å²) in [7, 11) is 1.90. The summed E-state index contributed by atoms with van der Waals surface area (Å²) in [6, 6.07) is 0. The number of H-pyrrole nitrogens is 1. The van der Waals surface area contributed by atoms with Crippen LogP contribution in [0, 0.1) is 6.92 Å². The largest absolute Gasteiger partial charge is 0.346 e. The van der Waals surface area contributed by atoms with Gasteiger partial charge in [-0.1, -0.05) is 5.10 Å². The lowest BCUT2D eigenvalue weighted by Gasteiger charge is -2.03. The van der Waals surface area contributed by atoms with Gasteiger partial charge in [-0.05, 0) is 17.7 Å². The highest BCUT2D eigenvalue weighted by Crippen LogP contribution is 2.06. The van der Waals surface area contributed by atoms with Gasteiger partial charge in [0.25, 0.3) is 5.95 Å². The first kappa shape index (κ1) is 8.67. The molecular formula is C7H11N7. The molecule has 0 unspecified atom stereocenters. The van der Waals surface area contributed by atoms with Crippen LogP contribution in [0.2, 0.25) is 0 Å². The van der Waals surface area contributed by atoms with Crippen molar-refractivity contribution in [2.24, 2.45) is 7.05 Å². The van der Waals surface area contributed by atoms with E-state index in [1.54, 1.807) is 0 Å². The molecule has 14 heavy (non-hydrogen) atoms. The maximum atomic E-state index is 4.13. The smallest absolute Gasteiger partial charge is 0.263 e. The van der Waals surface area contributed by atoms with Gasteiger partial charge in [0.15, 0.2) is 0 Å². The summed E-state index contributed by atoms with van der Waals surface area (Å²) in [4.78, 5) is 0. The van der Waals surface area contributed by atoms with Crippen LogP contribution >= 0.6 is 0 Å². The molecule has 0 saturated heterocycles. The predicted octanol–water partition coefficient (Wildman–Crippen LogP) is -0.146. The molecule has 0 spiro atoms. The number of hydrogen-bond acceptors (Lipinski definition) is 5. The fourth-order valence-electron chi connectivity index (χ4n) is 1.23. The van der Waals surface area contributed by atoms with Crippen molar-refractivity contribution < 1.29 is 0 Å². The molecule has 0 saturated carbocycles. The van der Waals surface area contributed by atoms with Crippen LogP contribution in [-0.4, -0.2) is 30.4 Å². The van der Waals surface area contributed by atoms with Gasteiger partial charge in [-0.25, -0.2) is 0 Å². The summed E-state index contributed by atoms with van der Waals surface area (Å²) in [5, 5.41) is 20.6. The van der Waals surface area contributed by atoms with Gasteiger partial charge >= 0.3 is 0 Å². The first-order valence-electron chi connectivity index (χ1n) is 4.22. The van der Waals surface area contributed by atoms with Crippen molar-refractivity contribution in [3.8, 4) is 0 Å². The number of aryl methyl sites for hydroxylation is 2. The summed E-state index contributed by atoms with van der Waals surface area (Å²) in [6.45, 7) is 2.65. The normalized spacial score (nSPS) is 10.4. The second-order valence-corrected chi connectivity index (χ2v) is 2.99. The molecule has 0 aliphatic carbocycles. The summed E-state index contributed by atoms with van der Waals surface area (Å²) in [6.07, 6.45) is 1.83. The number of aromatic amines is 1.